The fourth-order valence-electron chi connectivity index (χ4n) is 3.92. The number of benzene rings is 2. The quantitative estimate of drug-likeness (QED) is 0.590. The summed E-state index contributed by atoms with van der Waals surface area (Å²) in [6, 6.07) is 12.9. The highest BCUT2D eigenvalue weighted by atomic mass is 32.1. The SMILES string of the molecule is COc1ccccc1NC(=O)C1=C(C)N(C2CC2)C(=S)NC1c1ccccc1OC(F)F. The van der Waals surface area contributed by atoms with Gasteiger partial charge in [0.25, 0.3) is 5.91 Å². The van der Waals surface area contributed by atoms with Crippen LogP contribution in [0.2, 0.25) is 0 Å². The number of hydrogen-bond donors (Lipinski definition) is 2. The highest BCUT2D eigenvalue weighted by molar-refractivity contribution is 7.80. The third kappa shape index (κ3) is 4.38. The first-order valence-electron chi connectivity index (χ1n) is 10.2. The number of halogens is 2. The number of methoxy groups -OCH3 is 1. The van der Waals surface area contributed by atoms with Crippen molar-refractivity contribution in [2.45, 2.75) is 38.5 Å². The van der Waals surface area contributed by atoms with E-state index < -0.39 is 12.7 Å². The number of carbonyl (C=O) groups excluding carboxylic acids is 1. The molecule has 2 N–H and O–H groups in total. The topological polar surface area (TPSA) is 62.8 Å². The number of para-hydroxylation sites is 3. The van der Waals surface area contributed by atoms with Crippen molar-refractivity contribution in [3.8, 4) is 11.5 Å². The molecule has 0 bridgehead atoms. The first-order chi connectivity index (χ1) is 15.4. The molecule has 2 aromatic rings. The molecule has 4 rings (SSSR count). The lowest BCUT2D eigenvalue weighted by molar-refractivity contribution is -0.113. The van der Waals surface area contributed by atoms with Crippen LogP contribution in [-0.2, 0) is 4.79 Å². The van der Waals surface area contributed by atoms with E-state index in [2.05, 4.69) is 10.6 Å². The number of rotatable bonds is 7. The second-order valence-corrected chi connectivity index (χ2v) is 7.94. The number of amides is 1. The van der Waals surface area contributed by atoms with Crippen LogP contribution in [0.1, 0.15) is 31.4 Å². The van der Waals surface area contributed by atoms with Crippen molar-refractivity contribution in [1.82, 2.24) is 10.2 Å². The molecule has 9 heteroatoms. The van der Waals surface area contributed by atoms with Crippen LogP contribution in [0.25, 0.3) is 0 Å². The summed E-state index contributed by atoms with van der Waals surface area (Å²) in [5.74, 6) is 0.109. The summed E-state index contributed by atoms with van der Waals surface area (Å²) in [7, 11) is 1.52. The van der Waals surface area contributed by atoms with Gasteiger partial charge in [0.15, 0.2) is 5.11 Å². The predicted molar refractivity (Wildman–Crippen MR) is 121 cm³/mol. The van der Waals surface area contributed by atoms with Gasteiger partial charge in [0, 0.05) is 17.3 Å². The van der Waals surface area contributed by atoms with Gasteiger partial charge in [0.2, 0.25) is 0 Å². The van der Waals surface area contributed by atoms with Crippen molar-refractivity contribution in [2.24, 2.45) is 0 Å². The third-order valence-electron chi connectivity index (χ3n) is 5.48. The van der Waals surface area contributed by atoms with Gasteiger partial charge in [0.1, 0.15) is 11.5 Å². The predicted octanol–water partition coefficient (Wildman–Crippen LogP) is 4.60. The van der Waals surface area contributed by atoms with E-state index in [1.165, 1.54) is 13.2 Å². The average molecular weight is 460 g/mol. The number of ether oxygens (including phenoxy) is 2. The molecule has 1 saturated carbocycles. The molecule has 0 spiro atoms. The number of nitrogens with one attached hydrogen (secondary N) is 2. The van der Waals surface area contributed by atoms with Crippen molar-refractivity contribution >= 4 is 28.9 Å². The number of carbonyl (C=O) groups is 1. The molecule has 1 aliphatic carbocycles. The van der Waals surface area contributed by atoms with Crippen molar-refractivity contribution in [2.75, 3.05) is 12.4 Å². The molecule has 0 aromatic heterocycles. The maximum Gasteiger partial charge on any atom is 0.387 e. The van der Waals surface area contributed by atoms with Crippen LogP contribution < -0.4 is 20.1 Å². The fourth-order valence-corrected chi connectivity index (χ4v) is 4.32. The van der Waals surface area contributed by atoms with E-state index in [0.717, 1.165) is 12.8 Å². The number of anilines is 1. The van der Waals surface area contributed by atoms with Crippen LogP contribution in [0.3, 0.4) is 0 Å². The molecular weight excluding hydrogens is 436 g/mol. The Labute approximate surface area is 190 Å². The molecule has 1 aliphatic heterocycles. The van der Waals surface area contributed by atoms with Gasteiger partial charge in [-0.3, -0.25) is 4.79 Å². The zero-order chi connectivity index (χ0) is 22.8. The van der Waals surface area contributed by atoms with Crippen LogP contribution in [0.15, 0.2) is 59.8 Å². The summed E-state index contributed by atoms with van der Waals surface area (Å²) in [5.41, 5.74) is 1.96. The van der Waals surface area contributed by atoms with Gasteiger partial charge in [0.05, 0.1) is 24.4 Å². The van der Waals surface area contributed by atoms with E-state index in [4.69, 9.17) is 21.7 Å². The van der Waals surface area contributed by atoms with Gasteiger partial charge >= 0.3 is 6.61 Å². The lowest BCUT2D eigenvalue weighted by atomic mass is 9.93. The Hall–Kier alpha value is -3.20. The molecular formula is C23H23F2N3O3S. The molecule has 1 fully saturated rings. The van der Waals surface area contributed by atoms with Gasteiger partial charge in [-0.05, 0) is 50.2 Å². The standard InChI is InChI=1S/C23H23F2N3O3S/c1-13-19(21(29)26-16-8-4-6-10-18(16)30-2)20(27-23(32)28(13)14-11-12-14)15-7-3-5-9-17(15)31-22(24)25/h3-10,14,20,22H,11-12H2,1-2H3,(H,26,29)(H,27,32). The Morgan fingerprint density at radius 3 is 2.47 bits per heavy atom. The maximum atomic E-state index is 13.5. The van der Waals surface area contributed by atoms with Gasteiger partial charge < -0.3 is 25.0 Å². The summed E-state index contributed by atoms with van der Waals surface area (Å²) in [6.07, 6.45) is 1.94. The molecule has 2 aromatic carbocycles. The molecule has 32 heavy (non-hydrogen) atoms. The molecule has 168 valence electrons. The minimum atomic E-state index is -2.99. The number of hydrogen-bond acceptors (Lipinski definition) is 4. The zero-order valence-corrected chi connectivity index (χ0v) is 18.4. The van der Waals surface area contributed by atoms with E-state index in [-0.39, 0.29) is 17.7 Å². The van der Waals surface area contributed by atoms with Gasteiger partial charge in [-0.15, -0.1) is 0 Å². The third-order valence-corrected chi connectivity index (χ3v) is 5.80. The minimum Gasteiger partial charge on any atom is -0.495 e. The molecule has 1 atom stereocenters. The first-order valence-corrected chi connectivity index (χ1v) is 10.6. The molecule has 0 radical (unpaired) electrons. The zero-order valence-electron chi connectivity index (χ0n) is 17.6. The van der Waals surface area contributed by atoms with Crippen LogP contribution in [0, 0.1) is 0 Å². The summed E-state index contributed by atoms with van der Waals surface area (Å²) >= 11 is 5.58. The molecule has 1 amide bonds. The maximum absolute atomic E-state index is 13.5. The second kappa shape index (κ2) is 9.12. The van der Waals surface area contributed by atoms with Gasteiger partial charge in [-0.2, -0.15) is 8.78 Å². The highest BCUT2D eigenvalue weighted by Crippen LogP contribution is 2.40. The van der Waals surface area contributed by atoms with Crippen molar-refractivity contribution < 1.29 is 23.0 Å². The highest BCUT2D eigenvalue weighted by Gasteiger charge is 2.41. The van der Waals surface area contributed by atoms with Crippen LogP contribution >= 0.6 is 12.2 Å². The van der Waals surface area contributed by atoms with E-state index in [1.54, 1.807) is 42.5 Å². The monoisotopic (exact) mass is 459 g/mol. The minimum absolute atomic E-state index is 0.0157. The van der Waals surface area contributed by atoms with E-state index >= 15 is 0 Å². The largest absolute Gasteiger partial charge is 0.495 e. The van der Waals surface area contributed by atoms with Crippen molar-refractivity contribution in [3.05, 3.63) is 65.4 Å². The van der Waals surface area contributed by atoms with E-state index in [9.17, 15) is 13.6 Å². The molecule has 1 unspecified atom stereocenters. The Morgan fingerprint density at radius 1 is 1.16 bits per heavy atom. The summed E-state index contributed by atoms with van der Waals surface area (Å²) in [5, 5.41) is 6.53. The Morgan fingerprint density at radius 2 is 1.81 bits per heavy atom. The number of allylic oxidation sites excluding steroid dienone is 1. The Balaban J connectivity index is 1.77. The Kier molecular flexibility index (Phi) is 6.27. The van der Waals surface area contributed by atoms with Crippen LogP contribution in [-0.4, -0.2) is 35.7 Å². The lowest BCUT2D eigenvalue weighted by Gasteiger charge is -2.38. The molecule has 6 nitrogen and oxygen atoms in total. The number of thiocarbonyl (C=S) groups is 1. The number of nitrogens with zero attached hydrogens (tertiary/aromatic N) is 1. The Bertz CT molecular complexity index is 1070. The smallest absolute Gasteiger partial charge is 0.387 e. The lowest BCUT2D eigenvalue weighted by Crippen LogP contribution is -2.49. The first kappa shape index (κ1) is 22.0. The molecule has 2 aliphatic rings. The second-order valence-electron chi connectivity index (χ2n) is 7.55. The van der Waals surface area contributed by atoms with Gasteiger partial charge in [-0.25, -0.2) is 0 Å². The average Bonchev–Trinajstić information content (AvgIpc) is 3.58. The normalized spacial score (nSPS) is 18.5. The van der Waals surface area contributed by atoms with E-state index in [0.29, 0.717) is 33.4 Å². The summed E-state index contributed by atoms with van der Waals surface area (Å²) < 4.78 is 36.2. The van der Waals surface area contributed by atoms with Crippen molar-refractivity contribution in [1.29, 1.82) is 0 Å². The molecule has 1 heterocycles. The summed E-state index contributed by atoms with van der Waals surface area (Å²) in [4.78, 5) is 15.5. The fraction of sp³-hybridized carbons (Fsp3) is 0.304. The summed E-state index contributed by atoms with van der Waals surface area (Å²) in [6.45, 7) is -1.17. The molecule has 0 saturated heterocycles. The van der Waals surface area contributed by atoms with E-state index in [1.807, 2.05) is 11.8 Å². The van der Waals surface area contributed by atoms with Crippen molar-refractivity contribution in [3.63, 3.8) is 0 Å². The van der Waals surface area contributed by atoms with Crippen LogP contribution in [0.4, 0.5) is 14.5 Å². The van der Waals surface area contributed by atoms with Crippen LogP contribution in [0.5, 0.6) is 11.5 Å². The number of alkyl halides is 2. The van der Waals surface area contributed by atoms with Gasteiger partial charge in [-0.1, -0.05) is 30.3 Å².